The van der Waals surface area contributed by atoms with Gasteiger partial charge in [0.15, 0.2) is 0 Å². The molecule has 0 saturated heterocycles. The van der Waals surface area contributed by atoms with Crippen molar-refractivity contribution in [3.63, 3.8) is 0 Å². The Hall–Kier alpha value is -0.810. The predicted molar refractivity (Wildman–Crippen MR) is 54.3 cm³/mol. The molecule has 0 bridgehead atoms. The van der Waals surface area contributed by atoms with Gasteiger partial charge in [-0.05, 0) is 26.7 Å². The van der Waals surface area contributed by atoms with Crippen molar-refractivity contribution < 1.29 is 14.6 Å². The SMILES string of the molecule is CC(C)(N)COCCCCNC(=O)O. The Morgan fingerprint density at radius 3 is 2.64 bits per heavy atom. The summed E-state index contributed by atoms with van der Waals surface area (Å²) in [6.45, 7) is 5.43. The van der Waals surface area contributed by atoms with Crippen LogP contribution in [0.3, 0.4) is 0 Å². The highest BCUT2D eigenvalue weighted by molar-refractivity contribution is 5.64. The normalized spacial score (nSPS) is 11.4. The summed E-state index contributed by atoms with van der Waals surface area (Å²) in [5.74, 6) is 0. The zero-order valence-electron chi connectivity index (χ0n) is 8.88. The van der Waals surface area contributed by atoms with Gasteiger partial charge in [-0.1, -0.05) is 0 Å². The number of amides is 1. The van der Waals surface area contributed by atoms with E-state index in [1.54, 1.807) is 0 Å². The highest BCUT2D eigenvalue weighted by Crippen LogP contribution is 1.98. The molecule has 0 rings (SSSR count). The molecule has 0 heterocycles. The van der Waals surface area contributed by atoms with Crippen LogP contribution in [0.5, 0.6) is 0 Å². The van der Waals surface area contributed by atoms with E-state index in [1.807, 2.05) is 13.8 Å². The third-order valence-corrected chi connectivity index (χ3v) is 1.47. The molecule has 84 valence electrons. The Balaban J connectivity index is 3.11. The van der Waals surface area contributed by atoms with Crippen LogP contribution in [0.15, 0.2) is 0 Å². The van der Waals surface area contributed by atoms with Gasteiger partial charge in [0.05, 0.1) is 6.61 Å². The van der Waals surface area contributed by atoms with Crippen molar-refractivity contribution in [2.75, 3.05) is 19.8 Å². The number of unbranched alkanes of at least 4 members (excludes halogenated alkanes) is 1. The van der Waals surface area contributed by atoms with Crippen molar-refractivity contribution in [2.45, 2.75) is 32.2 Å². The Morgan fingerprint density at radius 2 is 2.14 bits per heavy atom. The van der Waals surface area contributed by atoms with Crippen LogP contribution in [0, 0.1) is 0 Å². The van der Waals surface area contributed by atoms with Gasteiger partial charge in [0.1, 0.15) is 0 Å². The monoisotopic (exact) mass is 204 g/mol. The fourth-order valence-electron chi connectivity index (χ4n) is 0.860. The van der Waals surface area contributed by atoms with Crippen LogP contribution in [-0.4, -0.2) is 36.5 Å². The van der Waals surface area contributed by atoms with Gasteiger partial charge in [-0.15, -0.1) is 0 Å². The summed E-state index contributed by atoms with van der Waals surface area (Å²) in [7, 11) is 0. The van der Waals surface area contributed by atoms with E-state index in [9.17, 15) is 4.79 Å². The molecular formula is C9H20N2O3. The van der Waals surface area contributed by atoms with E-state index >= 15 is 0 Å². The predicted octanol–water partition coefficient (Wildman–Crippen LogP) is 0.788. The Labute approximate surface area is 84.6 Å². The molecule has 4 N–H and O–H groups in total. The van der Waals surface area contributed by atoms with Crippen LogP contribution in [0.1, 0.15) is 26.7 Å². The van der Waals surface area contributed by atoms with Gasteiger partial charge in [-0.2, -0.15) is 0 Å². The minimum atomic E-state index is -0.978. The number of ether oxygens (including phenoxy) is 1. The maximum Gasteiger partial charge on any atom is 0.404 e. The third kappa shape index (κ3) is 11.2. The molecule has 0 atom stereocenters. The molecule has 14 heavy (non-hydrogen) atoms. The molecule has 0 aliphatic heterocycles. The highest BCUT2D eigenvalue weighted by Gasteiger charge is 2.09. The molecule has 0 aromatic rings. The lowest BCUT2D eigenvalue weighted by atomic mass is 10.1. The molecule has 0 radical (unpaired) electrons. The summed E-state index contributed by atoms with van der Waals surface area (Å²) in [6.07, 6.45) is 0.655. The van der Waals surface area contributed by atoms with Crippen LogP contribution >= 0.6 is 0 Å². The molecule has 0 fully saturated rings. The number of carbonyl (C=O) groups is 1. The molecule has 5 nitrogen and oxygen atoms in total. The first kappa shape index (κ1) is 13.2. The number of nitrogens with two attached hydrogens (primary N) is 1. The van der Waals surface area contributed by atoms with E-state index in [-0.39, 0.29) is 5.54 Å². The summed E-state index contributed by atoms with van der Waals surface area (Å²) >= 11 is 0. The molecule has 0 aromatic carbocycles. The summed E-state index contributed by atoms with van der Waals surface area (Å²) in [5.41, 5.74) is 5.41. The largest absolute Gasteiger partial charge is 0.465 e. The second kappa shape index (κ2) is 6.62. The van der Waals surface area contributed by atoms with Crippen LogP contribution in [0.2, 0.25) is 0 Å². The zero-order chi connectivity index (χ0) is 11.0. The zero-order valence-corrected chi connectivity index (χ0v) is 8.88. The van der Waals surface area contributed by atoms with Crippen LogP contribution in [0.4, 0.5) is 4.79 Å². The van der Waals surface area contributed by atoms with Crippen molar-refractivity contribution in [2.24, 2.45) is 5.73 Å². The van der Waals surface area contributed by atoms with Crippen molar-refractivity contribution in [3.8, 4) is 0 Å². The number of nitrogens with one attached hydrogen (secondary N) is 1. The first-order valence-electron chi connectivity index (χ1n) is 4.75. The maximum atomic E-state index is 10.1. The minimum Gasteiger partial charge on any atom is -0.465 e. The lowest BCUT2D eigenvalue weighted by molar-refractivity contribution is 0.0943. The minimum absolute atomic E-state index is 0.292. The third-order valence-electron chi connectivity index (χ3n) is 1.47. The highest BCUT2D eigenvalue weighted by atomic mass is 16.5. The molecule has 0 aliphatic carbocycles. The number of rotatable bonds is 7. The summed E-state index contributed by atoms with van der Waals surface area (Å²) < 4.78 is 5.30. The number of carboxylic acid groups (broad SMARTS) is 1. The van der Waals surface area contributed by atoms with Gasteiger partial charge >= 0.3 is 6.09 Å². The first-order valence-corrected chi connectivity index (χ1v) is 4.75. The van der Waals surface area contributed by atoms with Gasteiger partial charge in [0.2, 0.25) is 0 Å². The molecule has 0 aliphatic rings. The topological polar surface area (TPSA) is 84.6 Å². The van der Waals surface area contributed by atoms with Crippen LogP contribution < -0.4 is 11.1 Å². The van der Waals surface area contributed by atoms with Crippen molar-refractivity contribution in [1.82, 2.24) is 5.32 Å². The quantitative estimate of drug-likeness (QED) is 0.535. The maximum absolute atomic E-state index is 10.1. The second-order valence-electron chi connectivity index (χ2n) is 3.98. The van der Waals surface area contributed by atoms with E-state index in [4.69, 9.17) is 15.6 Å². The van der Waals surface area contributed by atoms with Crippen LogP contribution in [-0.2, 0) is 4.74 Å². The van der Waals surface area contributed by atoms with E-state index < -0.39 is 6.09 Å². The first-order chi connectivity index (χ1) is 6.42. The standard InChI is InChI=1S/C9H20N2O3/c1-9(2,10)7-14-6-4-3-5-11-8(12)13/h11H,3-7,10H2,1-2H3,(H,12,13). The molecule has 1 amide bonds. The smallest absolute Gasteiger partial charge is 0.404 e. The van der Waals surface area contributed by atoms with E-state index in [1.165, 1.54) is 0 Å². The summed E-state index contributed by atoms with van der Waals surface area (Å²) in [5, 5.41) is 10.6. The van der Waals surface area contributed by atoms with Crippen molar-refractivity contribution >= 4 is 6.09 Å². The number of hydrogen-bond acceptors (Lipinski definition) is 3. The molecule has 5 heteroatoms. The lowest BCUT2D eigenvalue weighted by Gasteiger charge is -2.17. The number of hydrogen-bond donors (Lipinski definition) is 3. The molecule has 0 unspecified atom stereocenters. The Bertz CT molecular complexity index is 166. The Morgan fingerprint density at radius 1 is 1.50 bits per heavy atom. The molecule has 0 aromatic heterocycles. The Kier molecular flexibility index (Phi) is 6.23. The fourth-order valence-corrected chi connectivity index (χ4v) is 0.860. The van der Waals surface area contributed by atoms with Gasteiger partial charge in [-0.3, -0.25) is 0 Å². The van der Waals surface area contributed by atoms with Gasteiger partial charge < -0.3 is 20.9 Å². The van der Waals surface area contributed by atoms with E-state index in [2.05, 4.69) is 5.32 Å². The summed E-state index contributed by atoms with van der Waals surface area (Å²) in [4.78, 5) is 10.1. The summed E-state index contributed by atoms with van der Waals surface area (Å²) in [6, 6.07) is 0. The second-order valence-corrected chi connectivity index (χ2v) is 3.98. The lowest BCUT2D eigenvalue weighted by Crippen LogP contribution is -2.37. The van der Waals surface area contributed by atoms with Gasteiger partial charge in [-0.25, -0.2) is 4.79 Å². The van der Waals surface area contributed by atoms with Crippen molar-refractivity contribution in [3.05, 3.63) is 0 Å². The van der Waals surface area contributed by atoms with E-state index in [0.29, 0.717) is 19.8 Å². The van der Waals surface area contributed by atoms with E-state index in [0.717, 1.165) is 12.8 Å². The molecule has 0 spiro atoms. The fraction of sp³-hybridized carbons (Fsp3) is 0.889. The van der Waals surface area contributed by atoms with Crippen LogP contribution in [0.25, 0.3) is 0 Å². The van der Waals surface area contributed by atoms with Gasteiger partial charge in [0, 0.05) is 18.7 Å². The van der Waals surface area contributed by atoms with Gasteiger partial charge in [0.25, 0.3) is 0 Å². The van der Waals surface area contributed by atoms with Crippen molar-refractivity contribution in [1.29, 1.82) is 0 Å². The molecule has 0 saturated carbocycles. The average molecular weight is 204 g/mol. The molecular weight excluding hydrogens is 184 g/mol. The average Bonchev–Trinajstić information content (AvgIpc) is 2.00.